The summed E-state index contributed by atoms with van der Waals surface area (Å²) in [4.78, 5) is 6.20. The zero-order chi connectivity index (χ0) is 12.7. The number of hydrogen-bond donors (Lipinski definition) is 2. The van der Waals surface area contributed by atoms with Gasteiger partial charge in [0.1, 0.15) is 0 Å². The highest BCUT2D eigenvalue weighted by atomic mass is 127. The molecule has 6 nitrogen and oxygen atoms in total. The van der Waals surface area contributed by atoms with Gasteiger partial charge in [-0.2, -0.15) is 11.8 Å². The molecule has 0 aromatic rings. The molecule has 0 amide bonds. The summed E-state index contributed by atoms with van der Waals surface area (Å²) in [6.07, 6.45) is 0. The number of nitrogens with one attached hydrogen (secondary N) is 1. The predicted molar refractivity (Wildman–Crippen MR) is 88.3 cm³/mol. The molecule has 0 aromatic carbocycles. The SMILES string of the molecule is CCS(=O)(=O)NCCN=C(N)N1CCSCC1.I. The minimum atomic E-state index is -3.12. The molecule has 9 heteroatoms. The van der Waals surface area contributed by atoms with E-state index in [1.165, 1.54) is 0 Å². The molecule has 0 aliphatic carbocycles. The van der Waals surface area contributed by atoms with Gasteiger partial charge in [0.2, 0.25) is 10.0 Å². The van der Waals surface area contributed by atoms with E-state index < -0.39 is 10.0 Å². The number of sulfonamides is 1. The molecule has 1 aliphatic heterocycles. The Kier molecular flexibility index (Phi) is 9.34. The smallest absolute Gasteiger partial charge is 0.211 e. The summed E-state index contributed by atoms with van der Waals surface area (Å²) in [6, 6.07) is 0. The Morgan fingerprint density at radius 2 is 2.06 bits per heavy atom. The van der Waals surface area contributed by atoms with Gasteiger partial charge in [0, 0.05) is 31.1 Å². The van der Waals surface area contributed by atoms with Crippen LogP contribution in [0, 0.1) is 0 Å². The Morgan fingerprint density at radius 1 is 1.44 bits per heavy atom. The molecule has 0 unspecified atom stereocenters. The third-order valence-corrected chi connectivity index (χ3v) is 4.77. The number of hydrogen-bond acceptors (Lipinski definition) is 4. The zero-order valence-electron chi connectivity index (χ0n) is 10.5. The number of thioether (sulfide) groups is 1. The monoisotopic (exact) mass is 408 g/mol. The second-order valence-corrected chi connectivity index (χ2v) is 6.96. The molecular weight excluding hydrogens is 387 g/mol. The van der Waals surface area contributed by atoms with E-state index in [9.17, 15) is 8.42 Å². The van der Waals surface area contributed by atoms with Crippen molar-refractivity contribution in [1.29, 1.82) is 0 Å². The van der Waals surface area contributed by atoms with Crippen molar-refractivity contribution < 1.29 is 8.42 Å². The highest BCUT2D eigenvalue weighted by Crippen LogP contribution is 2.08. The first-order valence-electron chi connectivity index (χ1n) is 5.65. The molecule has 1 rings (SSSR count). The Morgan fingerprint density at radius 3 is 2.61 bits per heavy atom. The number of nitrogens with zero attached hydrogens (tertiary/aromatic N) is 2. The third-order valence-electron chi connectivity index (χ3n) is 2.42. The van der Waals surface area contributed by atoms with Crippen LogP contribution in [0.5, 0.6) is 0 Å². The van der Waals surface area contributed by atoms with Crippen molar-refractivity contribution in [2.24, 2.45) is 10.7 Å². The molecule has 0 saturated carbocycles. The highest BCUT2D eigenvalue weighted by Gasteiger charge is 2.11. The zero-order valence-corrected chi connectivity index (χ0v) is 14.4. The van der Waals surface area contributed by atoms with Gasteiger partial charge in [-0.3, -0.25) is 4.99 Å². The average molecular weight is 408 g/mol. The van der Waals surface area contributed by atoms with Gasteiger partial charge in [-0.15, -0.1) is 24.0 Å². The van der Waals surface area contributed by atoms with Crippen molar-refractivity contribution in [3.05, 3.63) is 0 Å². The molecule has 108 valence electrons. The summed E-state index contributed by atoms with van der Waals surface area (Å²) >= 11 is 1.91. The molecule has 0 radical (unpaired) electrons. The lowest BCUT2D eigenvalue weighted by Gasteiger charge is -2.27. The molecule has 1 aliphatic rings. The highest BCUT2D eigenvalue weighted by molar-refractivity contribution is 14.0. The third kappa shape index (κ3) is 7.00. The fourth-order valence-corrected chi connectivity index (χ4v) is 2.88. The van der Waals surface area contributed by atoms with Crippen LogP contribution in [-0.4, -0.2) is 62.7 Å². The summed E-state index contributed by atoms with van der Waals surface area (Å²) in [5.74, 6) is 2.74. The quantitative estimate of drug-likeness (QED) is 0.287. The van der Waals surface area contributed by atoms with Crippen LogP contribution in [0.2, 0.25) is 0 Å². The molecule has 0 aromatic heterocycles. The van der Waals surface area contributed by atoms with Crippen LogP contribution in [0.1, 0.15) is 6.92 Å². The van der Waals surface area contributed by atoms with E-state index in [2.05, 4.69) is 9.71 Å². The van der Waals surface area contributed by atoms with Gasteiger partial charge in [-0.1, -0.05) is 0 Å². The van der Waals surface area contributed by atoms with Crippen LogP contribution in [0.15, 0.2) is 4.99 Å². The Bertz CT molecular complexity index is 356. The average Bonchev–Trinajstić information content (AvgIpc) is 2.35. The van der Waals surface area contributed by atoms with Crippen LogP contribution in [0.4, 0.5) is 0 Å². The molecule has 0 atom stereocenters. The fourth-order valence-electron chi connectivity index (χ4n) is 1.37. The lowest BCUT2D eigenvalue weighted by atomic mass is 10.5. The van der Waals surface area contributed by atoms with Crippen molar-refractivity contribution in [2.45, 2.75) is 6.92 Å². The first-order chi connectivity index (χ1) is 8.05. The number of guanidine groups is 1. The van der Waals surface area contributed by atoms with E-state index in [0.29, 0.717) is 19.0 Å². The fraction of sp³-hybridized carbons (Fsp3) is 0.889. The predicted octanol–water partition coefficient (Wildman–Crippen LogP) is -0.0928. The van der Waals surface area contributed by atoms with Crippen LogP contribution >= 0.6 is 35.7 Å². The van der Waals surface area contributed by atoms with Crippen LogP contribution in [-0.2, 0) is 10.0 Å². The van der Waals surface area contributed by atoms with Crippen molar-refractivity contribution in [3.63, 3.8) is 0 Å². The second-order valence-electron chi connectivity index (χ2n) is 3.64. The van der Waals surface area contributed by atoms with Crippen LogP contribution in [0.3, 0.4) is 0 Å². The number of rotatable bonds is 5. The number of aliphatic imine (C=N–C) groups is 1. The Hall–Kier alpha value is 0.260. The molecule has 18 heavy (non-hydrogen) atoms. The van der Waals surface area contributed by atoms with E-state index in [0.717, 1.165) is 24.6 Å². The first-order valence-corrected chi connectivity index (χ1v) is 8.46. The molecule has 1 heterocycles. The number of halogens is 1. The first kappa shape index (κ1) is 18.3. The van der Waals surface area contributed by atoms with Gasteiger partial charge in [-0.05, 0) is 6.92 Å². The van der Waals surface area contributed by atoms with Crippen molar-refractivity contribution in [1.82, 2.24) is 9.62 Å². The van der Waals surface area contributed by atoms with E-state index in [1.807, 2.05) is 16.7 Å². The molecule has 0 bridgehead atoms. The molecule has 1 saturated heterocycles. The van der Waals surface area contributed by atoms with E-state index in [-0.39, 0.29) is 29.7 Å². The standard InChI is InChI=1S/C9H20N4O2S2.HI/c1-2-17(14,15)12-4-3-11-9(10)13-5-7-16-8-6-13;/h12H,2-8H2,1H3,(H2,10,11);1H. The topological polar surface area (TPSA) is 87.8 Å². The number of nitrogens with two attached hydrogens (primary N) is 1. The van der Waals surface area contributed by atoms with E-state index >= 15 is 0 Å². The molecular formula is C9H21IN4O2S2. The summed E-state index contributed by atoms with van der Waals surface area (Å²) in [5, 5.41) is 0. The van der Waals surface area contributed by atoms with E-state index in [4.69, 9.17) is 5.73 Å². The molecule has 1 fully saturated rings. The van der Waals surface area contributed by atoms with Crippen molar-refractivity contribution in [3.8, 4) is 0 Å². The van der Waals surface area contributed by atoms with Gasteiger partial charge >= 0.3 is 0 Å². The van der Waals surface area contributed by atoms with Gasteiger partial charge in [0.15, 0.2) is 5.96 Å². The normalized spacial score (nSPS) is 17.4. The van der Waals surface area contributed by atoms with Gasteiger partial charge < -0.3 is 10.6 Å². The largest absolute Gasteiger partial charge is 0.370 e. The maximum Gasteiger partial charge on any atom is 0.211 e. The Balaban J connectivity index is 0.00000289. The van der Waals surface area contributed by atoms with Gasteiger partial charge in [0.25, 0.3) is 0 Å². The maximum absolute atomic E-state index is 11.1. The summed E-state index contributed by atoms with van der Waals surface area (Å²) in [5.41, 5.74) is 5.82. The Labute approximate surface area is 130 Å². The summed E-state index contributed by atoms with van der Waals surface area (Å²) in [6.45, 7) is 4.13. The van der Waals surface area contributed by atoms with Gasteiger partial charge in [-0.25, -0.2) is 13.1 Å². The second kappa shape index (κ2) is 9.21. The molecule has 3 N–H and O–H groups in total. The van der Waals surface area contributed by atoms with Crippen LogP contribution in [0.25, 0.3) is 0 Å². The lowest BCUT2D eigenvalue weighted by Crippen LogP contribution is -2.43. The summed E-state index contributed by atoms with van der Waals surface area (Å²) in [7, 11) is -3.12. The molecule has 0 spiro atoms. The van der Waals surface area contributed by atoms with Crippen molar-refractivity contribution in [2.75, 3.05) is 43.4 Å². The minimum Gasteiger partial charge on any atom is -0.370 e. The summed E-state index contributed by atoms with van der Waals surface area (Å²) < 4.78 is 24.7. The van der Waals surface area contributed by atoms with Gasteiger partial charge in [0.05, 0.1) is 12.3 Å². The van der Waals surface area contributed by atoms with Crippen LogP contribution < -0.4 is 10.5 Å². The minimum absolute atomic E-state index is 0. The maximum atomic E-state index is 11.1. The van der Waals surface area contributed by atoms with E-state index in [1.54, 1.807) is 6.92 Å². The van der Waals surface area contributed by atoms with Crippen molar-refractivity contribution >= 4 is 51.7 Å². The lowest BCUT2D eigenvalue weighted by molar-refractivity contribution is 0.456.